The van der Waals surface area contributed by atoms with Crippen molar-refractivity contribution in [1.29, 1.82) is 0 Å². The van der Waals surface area contributed by atoms with E-state index >= 15 is 0 Å². The molecule has 9 rings (SSSR count). The summed E-state index contributed by atoms with van der Waals surface area (Å²) in [5, 5.41) is 2.98. The van der Waals surface area contributed by atoms with Gasteiger partial charge in [-0.05, 0) is 88.7 Å². The number of aromatic amines is 2. The number of anilines is 1. The van der Waals surface area contributed by atoms with Crippen molar-refractivity contribution in [2.45, 2.75) is 6.42 Å². The summed E-state index contributed by atoms with van der Waals surface area (Å²) >= 11 is 4.21. The van der Waals surface area contributed by atoms with Gasteiger partial charge in [-0.15, -0.1) is 0 Å². The molecule has 4 aromatic carbocycles. The number of amides is 1. The molecule has 2 aliphatic heterocycles. The van der Waals surface area contributed by atoms with Crippen molar-refractivity contribution in [1.82, 2.24) is 19.9 Å². The first kappa shape index (κ1) is 33.2. The minimum Gasteiger partial charge on any atom is -0.354 e. The second-order valence-electron chi connectivity index (χ2n) is 13.2. The predicted molar refractivity (Wildman–Crippen MR) is 228 cm³/mol. The number of aromatic nitrogens is 4. The van der Waals surface area contributed by atoms with Gasteiger partial charge in [-0.3, -0.25) is 4.79 Å². The maximum Gasteiger partial charge on any atom is 0.225 e. The van der Waals surface area contributed by atoms with Crippen LogP contribution in [0.15, 0.2) is 140 Å². The van der Waals surface area contributed by atoms with Crippen LogP contribution >= 0.6 is 12.6 Å². The Morgan fingerprint density at radius 3 is 1.13 bits per heavy atom. The van der Waals surface area contributed by atoms with E-state index in [0.29, 0.717) is 12.2 Å². The van der Waals surface area contributed by atoms with E-state index in [1.807, 2.05) is 42.5 Å². The average molecular weight is 718 g/mol. The Balaban J connectivity index is 1.40. The van der Waals surface area contributed by atoms with E-state index in [-0.39, 0.29) is 5.91 Å². The van der Waals surface area contributed by atoms with Crippen LogP contribution in [-0.4, -0.2) is 31.6 Å². The number of benzene rings is 4. The minimum absolute atomic E-state index is 0.0651. The maximum absolute atomic E-state index is 12.4. The molecule has 0 atom stereocenters. The molecule has 0 radical (unpaired) electrons. The molecule has 3 N–H and O–H groups in total. The van der Waals surface area contributed by atoms with Crippen LogP contribution in [0.3, 0.4) is 0 Å². The number of nitrogens with zero attached hydrogens (tertiary/aromatic N) is 2. The lowest BCUT2D eigenvalue weighted by molar-refractivity contribution is -0.115. The zero-order valence-electron chi connectivity index (χ0n) is 29.3. The highest BCUT2D eigenvalue weighted by atomic mass is 32.1. The van der Waals surface area contributed by atoms with Crippen LogP contribution in [0.5, 0.6) is 0 Å². The van der Waals surface area contributed by atoms with Crippen LogP contribution in [0.4, 0.5) is 5.69 Å². The number of carbonyl (C=O) groups is 1. The first-order chi connectivity index (χ1) is 26.6. The van der Waals surface area contributed by atoms with Gasteiger partial charge in [0.2, 0.25) is 5.91 Å². The van der Waals surface area contributed by atoms with Gasteiger partial charge < -0.3 is 15.3 Å². The van der Waals surface area contributed by atoms with Crippen molar-refractivity contribution in [2.75, 3.05) is 11.1 Å². The summed E-state index contributed by atoms with van der Waals surface area (Å²) in [5.41, 5.74) is 16.0. The normalized spacial score (nSPS) is 11.9. The molecular formula is C47H35N5OS. The van der Waals surface area contributed by atoms with E-state index in [0.717, 1.165) is 95.0 Å². The van der Waals surface area contributed by atoms with E-state index in [1.54, 1.807) is 0 Å². The molecule has 5 heterocycles. The van der Waals surface area contributed by atoms with Crippen LogP contribution in [0.1, 0.15) is 29.2 Å². The smallest absolute Gasteiger partial charge is 0.225 e. The summed E-state index contributed by atoms with van der Waals surface area (Å²) < 4.78 is 0. The minimum atomic E-state index is -0.0651. The molecule has 0 saturated heterocycles. The van der Waals surface area contributed by atoms with Crippen molar-refractivity contribution >= 4 is 70.6 Å². The van der Waals surface area contributed by atoms with Gasteiger partial charge in [0.1, 0.15) is 0 Å². The van der Waals surface area contributed by atoms with Crippen molar-refractivity contribution in [3.63, 3.8) is 0 Å². The Bertz CT molecular complexity index is 2710. The van der Waals surface area contributed by atoms with E-state index in [2.05, 4.69) is 149 Å². The molecule has 54 heavy (non-hydrogen) atoms. The Kier molecular flexibility index (Phi) is 8.83. The highest BCUT2D eigenvalue weighted by Gasteiger charge is 2.19. The predicted octanol–water partition coefficient (Wildman–Crippen LogP) is 11.6. The standard InChI is InChI=1S/C47H35N5OS/c53-43(28-29-54)48-34-18-16-33(17-19-34)47-41-26-24-39(51-41)45(31-12-6-2-7-13-31)37-22-20-35(49-37)44(30-10-4-1-5-11-30)36-21-23-38(50-36)46(32-14-8-3-9-15-32)40-25-27-42(47)52-40/h1-27,49,52,54H,28-29H2,(H,48,53). The van der Waals surface area contributed by atoms with Crippen molar-refractivity contribution in [2.24, 2.45) is 0 Å². The van der Waals surface area contributed by atoms with Crippen molar-refractivity contribution < 1.29 is 4.79 Å². The third-order valence-electron chi connectivity index (χ3n) is 9.74. The summed E-state index contributed by atoms with van der Waals surface area (Å²) in [7, 11) is 0. The Morgan fingerprint density at radius 2 is 0.796 bits per heavy atom. The van der Waals surface area contributed by atoms with Crippen LogP contribution in [-0.2, 0) is 4.79 Å². The average Bonchev–Trinajstić information content (AvgIpc) is 4.05. The van der Waals surface area contributed by atoms with Gasteiger partial charge >= 0.3 is 0 Å². The number of carbonyl (C=O) groups excluding carboxylic acids is 1. The second-order valence-corrected chi connectivity index (χ2v) is 13.6. The molecule has 8 bridgehead atoms. The lowest BCUT2D eigenvalue weighted by Gasteiger charge is -2.08. The summed E-state index contributed by atoms with van der Waals surface area (Å²) in [6.45, 7) is 0. The zero-order chi connectivity index (χ0) is 36.4. The Hall–Kier alpha value is -6.70. The second kappa shape index (κ2) is 14.4. The molecule has 1 amide bonds. The number of hydrogen-bond acceptors (Lipinski definition) is 4. The summed E-state index contributed by atoms with van der Waals surface area (Å²) in [4.78, 5) is 30.7. The molecule has 7 aromatic rings. The maximum atomic E-state index is 12.4. The van der Waals surface area contributed by atoms with Crippen LogP contribution in [0.2, 0.25) is 0 Å². The van der Waals surface area contributed by atoms with Crippen LogP contribution in [0, 0.1) is 0 Å². The molecule has 0 unspecified atom stereocenters. The van der Waals surface area contributed by atoms with E-state index in [9.17, 15) is 4.79 Å². The Labute approximate surface area is 318 Å². The van der Waals surface area contributed by atoms with Crippen LogP contribution in [0.25, 0.3) is 90.9 Å². The molecule has 0 aliphatic carbocycles. The SMILES string of the molecule is O=C(CCS)Nc1ccc(-c2c3nc(c(-c4ccccc4)c4ccc([nH]4)c(-c4ccccc4)c4nc(c(-c5ccccc5)c5ccc2[nH]5)C=C4)C=C3)cc1. The molecular weight excluding hydrogens is 683 g/mol. The third kappa shape index (κ3) is 6.35. The summed E-state index contributed by atoms with van der Waals surface area (Å²) in [6.07, 6.45) is 8.76. The van der Waals surface area contributed by atoms with Gasteiger partial charge in [-0.1, -0.05) is 103 Å². The lowest BCUT2D eigenvalue weighted by Crippen LogP contribution is -2.11. The molecule has 6 nitrogen and oxygen atoms in total. The first-order valence-electron chi connectivity index (χ1n) is 18.0. The number of H-pyrrole nitrogens is 2. The Morgan fingerprint density at radius 1 is 0.463 bits per heavy atom. The van der Waals surface area contributed by atoms with Gasteiger partial charge in [0.05, 0.1) is 22.8 Å². The molecule has 260 valence electrons. The molecule has 2 aliphatic rings. The van der Waals surface area contributed by atoms with Gasteiger partial charge in [-0.25, -0.2) is 9.97 Å². The lowest BCUT2D eigenvalue weighted by atomic mass is 10.0. The number of rotatable bonds is 7. The topological polar surface area (TPSA) is 86.5 Å². The largest absolute Gasteiger partial charge is 0.354 e. The summed E-state index contributed by atoms with van der Waals surface area (Å²) in [5.74, 6) is 0.425. The molecule has 0 spiro atoms. The first-order valence-corrected chi connectivity index (χ1v) is 18.6. The van der Waals surface area contributed by atoms with Gasteiger partial charge in [0.15, 0.2) is 0 Å². The summed E-state index contributed by atoms with van der Waals surface area (Å²) in [6, 6.07) is 47.7. The van der Waals surface area contributed by atoms with Crippen molar-refractivity contribution in [3.05, 3.63) is 162 Å². The van der Waals surface area contributed by atoms with Gasteiger partial charge in [0.25, 0.3) is 0 Å². The monoisotopic (exact) mass is 717 g/mol. The third-order valence-corrected chi connectivity index (χ3v) is 9.96. The fraction of sp³-hybridized carbons (Fsp3) is 0.0426. The molecule has 0 fully saturated rings. The molecule has 7 heteroatoms. The van der Waals surface area contributed by atoms with E-state index in [1.165, 1.54) is 0 Å². The number of thiol groups is 1. The fourth-order valence-electron chi connectivity index (χ4n) is 7.28. The van der Waals surface area contributed by atoms with E-state index in [4.69, 9.17) is 9.97 Å². The van der Waals surface area contributed by atoms with Crippen LogP contribution < -0.4 is 5.32 Å². The number of fused-ring (bicyclic) bond motifs is 8. The highest BCUT2D eigenvalue weighted by molar-refractivity contribution is 7.80. The fourth-order valence-corrected chi connectivity index (χ4v) is 7.48. The quantitative estimate of drug-likeness (QED) is 0.124. The van der Waals surface area contributed by atoms with Gasteiger partial charge in [-0.2, -0.15) is 12.6 Å². The number of nitrogens with one attached hydrogen (secondary N) is 3. The van der Waals surface area contributed by atoms with Gasteiger partial charge in [0, 0.05) is 56.4 Å². The highest BCUT2D eigenvalue weighted by Crippen LogP contribution is 2.38. The van der Waals surface area contributed by atoms with Crippen molar-refractivity contribution in [3.8, 4) is 44.5 Å². The molecule has 3 aromatic heterocycles. The number of hydrogen-bond donors (Lipinski definition) is 4. The molecule has 0 saturated carbocycles. The van der Waals surface area contributed by atoms with E-state index < -0.39 is 0 Å². The zero-order valence-corrected chi connectivity index (χ0v) is 30.1.